The van der Waals surface area contributed by atoms with Gasteiger partial charge in [-0.3, -0.25) is 9.59 Å². The van der Waals surface area contributed by atoms with Crippen LogP contribution in [0.4, 0.5) is 0 Å². The summed E-state index contributed by atoms with van der Waals surface area (Å²) >= 11 is 0. The summed E-state index contributed by atoms with van der Waals surface area (Å²) in [6.45, 7) is 5.45. The van der Waals surface area contributed by atoms with Gasteiger partial charge in [-0.1, -0.05) is 79.9 Å². The van der Waals surface area contributed by atoms with Crippen LogP contribution >= 0.6 is 0 Å². The van der Waals surface area contributed by atoms with Gasteiger partial charge in [0.25, 0.3) is 0 Å². The third kappa shape index (κ3) is 5.77. The van der Waals surface area contributed by atoms with Crippen LogP contribution in [0.25, 0.3) is 0 Å². The Hall–Kier alpha value is -2.66. The van der Waals surface area contributed by atoms with Crippen LogP contribution in [0, 0.1) is 5.92 Å². The van der Waals surface area contributed by atoms with Crippen molar-refractivity contribution < 1.29 is 9.59 Å². The van der Waals surface area contributed by atoms with Crippen LogP contribution in [0.15, 0.2) is 60.7 Å². The summed E-state index contributed by atoms with van der Waals surface area (Å²) in [6.07, 6.45) is 10.0. The molecule has 0 radical (unpaired) electrons. The molecule has 0 bridgehead atoms. The number of nitrogens with one attached hydrogen (secondary N) is 1. The summed E-state index contributed by atoms with van der Waals surface area (Å²) in [5.41, 5.74) is 1.55. The number of benzene rings is 2. The first kappa shape index (κ1) is 26.0. The molecule has 2 amide bonds. The van der Waals surface area contributed by atoms with Crippen molar-refractivity contribution in [2.24, 2.45) is 5.92 Å². The Kier molecular flexibility index (Phi) is 8.29. The summed E-state index contributed by atoms with van der Waals surface area (Å²) in [4.78, 5) is 32.1. The average Bonchev–Trinajstić information content (AvgIpc) is 2.98. The van der Waals surface area contributed by atoms with Gasteiger partial charge < -0.3 is 15.1 Å². The second-order valence-electron chi connectivity index (χ2n) is 11.5. The molecule has 37 heavy (non-hydrogen) atoms. The van der Waals surface area contributed by atoms with E-state index in [1.807, 2.05) is 43.3 Å². The van der Waals surface area contributed by atoms with E-state index in [1.165, 1.54) is 32.1 Å². The van der Waals surface area contributed by atoms with E-state index in [0.29, 0.717) is 31.8 Å². The third-order valence-electron chi connectivity index (χ3n) is 9.31. The van der Waals surface area contributed by atoms with E-state index in [4.69, 9.17) is 0 Å². The van der Waals surface area contributed by atoms with Gasteiger partial charge in [-0.15, -0.1) is 0 Å². The van der Waals surface area contributed by atoms with Crippen molar-refractivity contribution in [3.63, 3.8) is 0 Å². The standard InChI is InChI=1S/C32H43N3O2/c1-25(26-11-5-2-6-12-26)33-31(37)32(28-13-7-3-8-14-28)19-23-35(24-20-32)30(36)27-17-21-34(22-18-27)29-15-9-4-10-16-29/h2-3,5-8,11-14,25,27,29H,4,9-10,15-24H2,1H3,(H,33,37). The van der Waals surface area contributed by atoms with Gasteiger partial charge in [0.05, 0.1) is 11.5 Å². The number of hydrogen-bond acceptors (Lipinski definition) is 3. The molecule has 1 N–H and O–H groups in total. The van der Waals surface area contributed by atoms with Gasteiger partial charge in [-0.2, -0.15) is 0 Å². The van der Waals surface area contributed by atoms with Gasteiger partial charge in [0.2, 0.25) is 11.8 Å². The summed E-state index contributed by atoms with van der Waals surface area (Å²) in [5.74, 6) is 0.516. The highest BCUT2D eigenvalue weighted by Crippen LogP contribution is 2.38. The number of nitrogens with zero attached hydrogens (tertiary/aromatic N) is 2. The lowest BCUT2D eigenvalue weighted by atomic mass is 9.71. The first-order valence-electron chi connectivity index (χ1n) is 14.5. The van der Waals surface area contributed by atoms with Crippen molar-refractivity contribution in [3.8, 4) is 0 Å². The number of hydrogen-bond donors (Lipinski definition) is 1. The first-order chi connectivity index (χ1) is 18.1. The third-order valence-corrected chi connectivity index (χ3v) is 9.31. The van der Waals surface area contributed by atoms with Crippen molar-refractivity contribution >= 4 is 11.8 Å². The maximum Gasteiger partial charge on any atom is 0.231 e. The van der Waals surface area contributed by atoms with Crippen molar-refractivity contribution in [1.82, 2.24) is 15.1 Å². The van der Waals surface area contributed by atoms with E-state index in [1.54, 1.807) is 0 Å². The highest BCUT2D eigenvalue weighted by molar-refractivity contribution is 5.89. The van der Waals surface area contributed by atoms with Gasteiger partial charge in [-0.05, 0) is 69.7 Å². The predicted molar refractivity (Wildman–Crippen MR) is 148 cm³/mol. The van der Waals surface area contributed by atoms with E-state index in [-0.39, 0.29) is 17.9 Å². The minimum absolute atomic E-state index is 0.0664. The van der Waals surface area contributed by atoms with Crippen LogP contribution in [-0.2, 0) is 15.0 Å². The minimum atomic E-state index is -0.606. The van der Waals surface area contributed by atoms with Gasteiger partial charge in [0.1, 0.15) is 0 Å². The number of rotatable bonds is 6. The first-order valence-corrected chi connectivity index (χ1v) is 14.5. The molecule has 1 aliphatic carbocycles. The number of likely N-dealkylation sites (tertiary alicyclic amines) is 2. The van der Waals surface area contributed by atoms with E-state index in [2.05, 4.69) is 39.4 Å². The lowest BCUT2D eigenvalue weighted by Gasteiger charge is -2.44. The zero-order chi connectivity index (χ0) is 25.7. The van der Waals surface area contributed by atoms with E-state index in [0.717, 1.165) is 43.1 Å². The molecule has 2 aliphatic heterocycles. The predicted octanol–water partition coefficient (Wildman–Crippen LogP) is 5.47. The van der Waals surface area contributed by atoms with Gasteiger partial charge >= 0.3 is 0 Å². The molecule has 1 atom stereocenters. The fourth-order valence-corrected chi connectivity index (χ4v) is 6.89. The summed E-state index contributed by atoms with van der Waals surface area (Å²) in [6, 6.07) is 21.0. The van der Waals surface area contributed by atoms with Crippen molar-refractivity contribution in [2.75, 3.05) is 26.2 Å². The van der Waals surface area contributed by atoms with Crippen LogP contribution in [0.1, 0.15) is 81.9 Å². The van der Waals surface area contributed by atoms with Crippen LogP contribution in [-0.4, -0.2) is 53.8 Å². The molecule has 3 aliphatic rings. The van der Waals surface area contributed by atoms with E-state index >= 15 is 0 Å². The van der Waals surface area contributed by atoms with Crippen LogP contribution in [0.5, 0.6) is 0 Å². The molecule has 2 saturated heterocycles. The molecule has 0 aromatic heterocycles. The molecule has 0 spiro atoms. The SMILES string of the molecule is CC(NC(=O)C1(c2ccccc2)CCN(C(=O)C2CCN(C3CCCCC3)CC2)CC1)c1ccccc1. The molecule has 1 saturated carbocycles. The maximum absolute atomic E-state index is 13.8. The number of piperidine rings is 2. The Morgan fingerprint density at radius 2 is 1.41 bits per heavy atom. The zero-order valence-electron chi connectivity index (χ0n) is 22.4. The maximum atomic E-state index is 13.8. The minimum Gasteiger partial charge on any atom is -0.349 e. The normalized spacial score (nSPS) is 22.4. The second-order valence-corrected chi connectivity index (χ2v) is 11.5. The molecule has 5 nitrogen and oxygen atoms in total. The monoisotopic (exact) mass is 501 g/mol. The number of carbonyl (C=O) groups excluding carboxylic acids is 2. The molecule has 5 rings (SSSR count). The van der Waals surface area contributed by atoms with Crippen molar-refractivity contribution in [1.29, 1.82) is 0 Å². The Balaban J connectivity index is 1.22. The fraction of sp³-hybridized carbons (Fsp3) is 0.562. The average molecular weight is 502 g/mol. The molecule has 198 valence electrons. The highest BCUT2D eigenvalue weighted by atomic mass is 16.2. The van der Waals surface area contributed by atoms with Gasteiger partial charge in [-0.25, -0.2) is 0 Å². The smallest absolute Gasteiger partial charge is 0.231 e. The number of amides is 2. The van der Waals surface area contributed by atoms with Gasteiger partial charge in [0.15, 0.2) is 0 Å². The lowest BCUT2D eigenvalue weighted by molar-refractivity contribution is -0.141. The lowest BCUT2D eigenvalue weighted by Crippen LogP contribution is -2.54. The topological polar surface area (TPSA) is 52.7 Å². The Labute approximate surface area is 222 Å². The van der Waals surface area contributed by atoms with Crippen LogP contribution < -0.4 is 5.32 Å². The van der Waals surface area contributed by atoms with E-state index < -0.39 is 5.41 Å². The molecule has 1 unspecified atom stereocenters. The molecular formula is C32H43N3O2. The summed E-state index contributed by atoms with van der Waals surface area (Å²) in [7, 11) is 0. The summed E-state index contributed by atoms with van der Waals surface area (Å²) in [5, 5.41) is 3.30. The fourth-order valence-electron chi connectivity index (χ4n) is 6.89. The molecule has 2 aromatic carbocycles. The van der Waals surface area contributed by atoms with Crippen LogP contribution in [0.3, 0.4) is 0 Å². The molecule has 5 heteroatoms. The number of carbonyl (C=O) groups is 2. The molecule has 3 fully saturated rings. The summed E-state index contributed by atoms with van der Waals surface area (Å²) < 4.78 is 0. The highest BCUT2D eigenvalue weighted by Gasteiger charge is 2.45. The quantitative estimate of drug-likeness (QED) is 0.571. The molecule has 2 aromatic rings. The Morgan fingerprint density at radius 1 is 0.811 bits per heavy atom. The molecule has 2 heterocycles. The largest absolute Gasteiger partial charge is 0.349 e. The van der Waals surface area contributed by atoms with Crippen molar-refractivity contribution in [3.05, 3.63) is 71.8 Å². The van der Waals surface area contributed by atoms with E-state index in [9.17, 15) is 9.59 Å². The zero-order valence-corrected chi connectivity index (χ0v) is 22.4. The van der Waals surface area contributed by atoms with Crippen LogP contribution in [0.2, 0.25) is 0 Å². The Bertz CT molecular complexity index is 1020. The Morgan fingerprint density at radius 3 is 2.03 bits per heavy atom. The van der Waals surface area contributed by atoms with Gasteiger partial charge in [0, 0.05) is 25.0 Å². The molecular weight excluding hydrogens is 458 g/mol. The second kappa shape index (κ2) is 11.8. The van der Waals surface area contributed by atoms with Crippen molar-refractivity contribution in [2.45, 2.75) is 82.2 Å².